The Balaban J connectivity index is 2.15. The second kappa shape index (κ2) is 2.47. The molecule has 0 amide bonds. The van der Waals surface area contributed by atoms with Crippen LogP contribution in [0.2, 0.25) is 0 Å². The fourth-order valence-electron chi connectivity index (χ4n) is 3.47. The molecule has 70 valence electrons. The summed E-state index contributed by atoms with van der Waals surface area (Å²) in [5.74, 6) is 2.20. The molecule has 0 saturated heterocycles. The molecule has 0 unspecified atom stereocenters. The standard InChI is InChI=1S/C11H20O/c1-4-8-9-5-7(6-10(8)12)11(9,2)3/h7-10,12H,4-6H2,1-3H3/t7-,8+,9+,10-/m1/s1. The molecule has 0 aromatic carbocycles. The van der Waals surface area contributed by atoms with Gasteiger partial charge in [-0.05, 0) is 36.0 Å². The van der Waals surface area contributed by atoms with Crippen LogP contribution in [0.5, 0.6) is 0 Å². The van der Waals surface area contributed by atoms with E-state index in [1.54, 1.807) is 0 Å². The molecule has 1 N–H and O–H groups in total. The number of hydrogen-bond acceptors (Lipinski definition) is 1. The number of hydrogen-bond donors (Lipinski definition) is 1. The summed E-state index contributed by atoms with van der Waals surface area (Å²) < 4.78 is 0. The Labute approximate surface area is 75.2 Å². The molecule has 0 aromatic rings. The summed E-state index contributed by atoms with van der Waals surface area (Å²) >= 11 is 0. The largest absolute Gasteiger partial charge is 0.393 e. The quantitative estimate of drug-likeness (QED) is 0.637. The van der Waals surface area contributed by atoms with Gasteiger partial charge in [0, 0.05) is 0 Å². The van der Waals surface area contributed by atoms with Gasteiger partial charge in [-0.15, -0.1) is 0 Å². The van der Waals surface area contributed by atoms with Crippen LogP contribution < -0.4 is 0 Å². The number of aliphatic hydroxyl groups is 1. The van der Waals surface area contributed by atoms with Gasteiger partial charge in [0.1, 0.15) is 0 Å². The summed E-state index contributed by atoms with van der Waals surface area (Å²) in [6, 6.07) is 0. The molecule has 1 nitrogen and oxygen atoms in total. The minimum atomic E-state index is 0.00627. The Morgan fingerprint density at radius 2 is 2.00 bits per heavy atom. The molecule has 3 saturated carbocycles. The van der Waals surface area contributed by atoms with E-state index in [1.165, 1.54) is 6.42 Å². The summed E-state index contributed by atoms with van der Waals surface area (Å²) in [7, 11) is 0. The average molecular weight is 168 g/mol. The van der Waals surface area contributed by atoms with Gasteiger partial charge in [0.25, 0.3) is 0 Å². The average Bonchev–Trinajstić information content (AvgIpc) is 2.03. The molecule has 12 heavy (non-hydrogen) atoms. The summed E-state index contributed by atoms with van der Waals surface area (Å²) in [6.45, 7) is 6.96. The van der Waals surface area contributed by atoms with Gasteiger partial charge in [-0.1, -0.05) is 27.2 Å². The Morgan fingerprint density at radius 3 is 2.42 bits per heavy atom. The first-order valence-corrected chi connectivity index (χ1v) is 5.25. The molecule has 3 aliphatic carbocycles. The lowest BCUT2D eigenvalue weighted by Crippen LogP contribution is -2.57. The Morgan fingerprint density at radius 1 is 1.33 bits per heavy atom. The van der Waals surface area contributed by atoms with Crippen LogP contribution in [0.15, 0.2) is 0 Å². The maximum atomic E-state index is 9.80. The van der Waals surface area contributed by atoms with E-state index in [0.717, 1.165) is 24.7 Å². The highest BCUT2D eigenvalue weighted by Gasteiger charge is 2.56. The minimum Gasteiger partial charge on any atom is -0.393 e. The summed E-state index contributed by atoms with van der Waals surface area (Å²) in [5, 5.41) is 9.80. The van der Waals surface area contributed by atoms with Crippen molar-refractivity contribution < 1.29 is 5.11 Å². The lowest BCUT2D eigenvalue weighted by atomic mass is 9.44. The van der Waals surface area contributed by atoms with Crippen LogP contribution in [0.1, 0.15) is 40.0 Å². The van der Waals surface area contributed by atoms with E-state index in [-0.39, 0.29) is 6.10 Å². The summed E-state index contributed by atoms with van der Waals surface area (Å²) in [4.78, 5) is 0. The van der Waals surface area contributed by atoms with Crippen LogP contribution in [0.25, 0.3) is 0 Å². The van der Waals surface area contributed by atoms with Crippen LogP contribution in [0.4, 0.5) is 0 Å². The fourth-order valence-corrected chi connectivity index (χ4v) is 3.47. The first-order valence-electron chi connectivity index (χ1n) is 5.25. The van der Waals surface area contributed by atoms with E-state index in [4.69, 9.17) is 0 Å². The SMILES string of the molecule is CC[C@@H]1[C@H](O)C[C@H]2C[C@@H]1C2(C)C. The van der Waals surface area contributed by atoms with Gasteiger partial charge in [-0.2, -0.15) is 0 Å². The van der Waals surface area contributed by atoms with Gasteiger partial charge in [0.05, 0.1) is 6.10 Å². The molecule has 1 heteroatoms. The van der Waals surface area contributed by atoms with Crippen molar-refractivity contribution >= 4 is 0 Å². The van der Waals surface area contributed by atoms with Gasteiger partial charge in [-0.25, -0.2) is 0 Å². The Hall–Kier alpha value is -0.0400. The molecule has 0 heterocycles. The van der Waals surface area contributed by atoms with Crippen LogP contribution in [0, 0.1) is 23.2 Å². The lowest BCUT2D eigenvalue weighted by molar-refractivity contribution is -0.161. The van der Waals surface area contributed by atoms with Gasteiger partial charge >= 0.3 is 0 Å². The lowest BCUT2D eigenvalue weighted by Gasteiger charge is -2.61. The van der Waals surface area contributed by atoms with Crippen LogP contribution in [0.3, 0.4) is 0 Å². The molecule has 2 bridgehead atoms. The molecule has 3 fully saturated rings. The molecule has 3 aliphatic rings. The number of rotatable bonds is 1. The predicted octanol–water partition coefficient (Wildman–Crippen LogP) is 2.44. The second-order valence-corrected chi connectivity index (χ2v) is 5.24. The molecule has 0 radical (unpaired) electrons. The third kappa shape index (κ3) is 0.891. The predicted molar refractivity (Wildman–Crippen MR) is 49.8 cm³/mol. The normalized spacial score (nSPS) is 50.0. The molecule has 0 aromatic heterocycles. The maximum Gasteiger partial charge on any atom is 0.0574 e. The number of fused-ring (bicyclic) bond motifs is 2. The molecule has 3 rings (SSSR count). The molecule has 0 spiro atoms. The summed E-state index contributed by atoms with van der Waals surface area (Å²) in [6.07, 6.45) is 3.60. The zero-order valence-corrected chi connectivity index (χ0v) is 8.38. The summed E-state index contributed by atoms with van der Waals surface area (Å²) in [5.41, 5.74) is 0.528. The Bertz CT molecular complexity index is 185. The maximum absolute atomic E-state index is 9.80. The highest BCUT2D eigenvalue weighted by molar-refractivity contribution is 5.05. The van der Waals surface area contributed by atoms with Crippen molar-refractivity contribution in [1.82, 2.24) is 0 Å². The van der Waals surface area contributed by atoms with E-state index >= 15 is 0 Å². The van der Waals surface area contributed by atoms with Crippen molar-refractivity contribution in [2.45, 2.75) is 46.1 Å². The van der Waals surface area contributed by atoms with Gasteiger partial charge in [0.15, 0.2) is 0 Å². The third-order valence-corrected chi connectivity index (χ3v) is 4.55. The first-order chi connectivity index (χ1) is 5.57. The zero-order chi connectivity index (χ0) is 8.93. The number of aliphatic hydroxyl groups excluding tert-OH is 1. The van der Waals surface area contributed by atoms with Crippen molar-refractivity contribution in [2.75, 3.05) is 0 Å². The smallest absolute Gasteiger partial charge is 0.0574 e. The first kappa shape index (κ1) is 8.55. The van der Waals surface area contributed by atoms with E-state index in [0.29, 0.717) is 11.3 Å². The van der Waals surface area contributed by atoms with E-state index < -0.39 is 0 Å². The van der Waals surface area contributed by atoms with Crippen LogP contribution >= 0.6 is 0 Å². The van der Waals surface area contributed by atoms with Crippen molar-refractivity contribution in [3.8, 4) is 0 Å². The van der Waals surface area contributed by atoms with Crippen molar-refractivity contribution in [3.05, 3.63) is 0 Å². The second-order valence-electron chi connectivity index (χ2n) is 5.24. The molecular weight excluding hydrogens is 148 g/mol. The highest BCUT2D eigenvalue weighted by atomic mass is 16.3. The van der Waals surface area contributed by atoms with Crippen molar-refractivity contribution in [3.63, 3.8) is 0 Å². The van der Waals surface area contributed by atoms with E-state index in [9.17, 15) is 5.11 Å². The zero-order valence-electron chi connectivity index (χ0n) is 8.38. The van der Waals surface area contributed by atoms with E-state index in [2.05, 4.69) is 20.8 Å². The topological polar surface area (TPSA) is 20.2 Å². The Kier molecular flexibility index (Phi) is 1.76. The minimum absolute atomic E-state index is 0.00627. The molecule has 4 atom stereocenters. The van der Waals surface area contributed by atoms with Crippen LogP contribution in [-0.4, -0.2) is 11.2 Å². The van der Waals surface area contributed by atoms with Gasteiger partial charge < -0.3 is 5.11 Å². The fraction of sp³-hybridized carbons (Fsp3) is 1.00. The third-order valence-electron chi connectivity index (χ3n) is 4.55. The van der Waals surface area contributed by atoms with Gasteiger partial charge in [0.2, 0.25) is 0 Å². The molecular formula is C11H20O. The highest BCUT2D eigenvalue weighted by Crippen LogP contribution is 2.61. The monoisotopic (exact) mass is 168 g/mol. The van der Waals surface area contributed by atoms with E-state index in [1.807, 2.05) is 0 Å². The van der Waals surface area contributed by atoms with Crippen molar-refractivity contribution in [1.29, 1.82) is 0 Å². The molecule has 0 aliphatic heterocycles. The van der Waals surface area contributed by atoms with Crippen LogP contribution in [-0.2, 0) is 0 Å². The van der Waals surface area contributed by atoms with Crippen molar-refractivity contribution in [2.24, 2.45) is 23.2 Å². The van der Waals surface area contributed by atoms with Gasteiger partial charge in [-0.3, -0.25) is 0 Å².